The van der Waals surface area contributed by atoms with Crippen molar-refractivity contribution in [1.29, 1.82) is 0 Å². The van der Waals surface area contributed by atoms with Crippen LogP contribution in [0.25, 0.3) is 0 Å². The van der Waals surface area contributed by atoms with Gasteiger partial charge in [-0.15, -0.1) is 13.2 Å². The smallest absolute Gasteiger partial charge is 0.329 e. The summed E-state index contributed by atoms with van der Waals surface area (Å²) in [5, 5.41) is -0.00122. The van der Waals surface area contributed by atoms with Gasteiger partial charge in [-0.25, -0.2) is 4.79 Å². The van der Waals surface area contributed by atoms with Gasteiger partial charge >= 0.3 is 5.97 Å². The number of carbonyl (C=O) groups excluding carboxylic acids is 2. The first-order valence-corrected chi connectivity index (χ1v) is 21.5. The van der Waals surface area contributed by atoms with E-state index in [0.717, 1.165) is 50.5 Å². The minimum Gasteiger partial charge on any atom is -0.493 e. The van der Waals surface area contributed by atoms with Crippen LogP contribution in [0.4, 0.5) is 0 Å². The maximum absolute atomic E-state index is 14.9. The Morgan fingerprint density at radius 1 is 0.960 bits per heavy atom. The quantitative estimate of drug-likeness (QED) is 0.0647. The highest BCUT2D eigenvalue weighted by Crippen LogP contribution is 2.45. The minimum absolute atomic E-state index is 0.00122. The van der Waals surface area contributed by atoms with Crippen molar-refractivity contribution in [2.75, 3.05) is 40.6 Å². The molecule has 0 N–H and O–H groups in total. The number of amides is 1. The van der Waals surface area contributed by atoms with Crippen LogP contribution in [0.3, 0.4) is 0 Å². The van der Waals surface area contributed by atoms with Crippen LogP contribution < -0.4 is 14.2 Å². The van der Waals surface area contributed by atoms with Crippen LogP contribution in [0.2, 0.25) is 18.1 Å². The van der Waals surface area contributed by atoms with E-state index >= 15 is 0 Å². The summed E-state index contributed by atoms with van der Waals surface area (Å²) in [6.45, 7) is 24.0. The molecule has 0 unspecified atom stereocenters. The lowest BCUT2D eigenvalue weighted by atomic mass is 9.75. The molecule has 50 heavy (non-hydrogen) atoms. The van der Waals surface area contributed by atoms with Crippen molar-refractivity contribution in [2.24, 2.45) is 11.8 Å². The van der Waals surface area contributed by atoms with Crippen LogP contribution in [0, 0.1) is 11.8 Å². The number of carbonyl (C=O) groups is 2. The molecule has 0 aromatic heterocycles. The van der Waals surface area contributed by atoms with E-state index in [1.807, 2.05) is 26.0 Å². The molecule has 0 spiro atoms. The number of likely N-dealkylation sites (tertiary alicyclic amines) is 1. The van der Waals surface area contributed by atoms with Crippen molar-refractivity contribution >= 4 is 20.2 Å². The molecule has 1 saturated carbocycles. The van der Waals surface area contributed by atoms with Crippen LogP contribution in [-0.2, 0) is 23.5 Å². The Hall–Kier alpha value is -2.82. The number of esters is 1. The summed E-state index contributed by atoms with van der Waals surface area (Å²) in [7, 11) is 1.02. The van der Waals surface area contributed by atoms with Gasteiger partial charge in [0.25, 0.3) is 0 Å². The van der Waals surface area contributed by atoms with Gasteiger partial charge < -0.3 is 33.0 Å². The van der Waals surface area contributed by atoms with Crippen molar-refractivity contribution in [3.63, 3.8) is 0 Å². The summed E-state index contributed by atoms with van der Waals surface area (Å²) in [4.78, 5) is 30.2. The van der Waals surface area contributed by atoms with E-state index in [1.54, 1.807) is 31.3 Å². The molecule has 1 aromatic carbocycles. The van der Waals surface area contributed by atoms with Gasteiger partial charge in [-0.05, 0) is 80.8 Å². The Labute approximate surface area is 303 Å². The molecule has 1 aliphatic carbocycles. The first-order chi connectivity index (χ1) is 23.7. The summed E-state index contributed by atoms with van der Waals surface area (Å²) >= 11 is 0. The van der Waals surface area contributed by atoms with E-state index in [4.69, 9.17) is 28.1 Å². The second-order valence-corrected chi connectivity index (χ2v) is 20.3. The van der Waals surface area contributed by atoms with E-state index in [9.17, 15) is 9.59 Å². The molecule has 1 aliphatic heterocycles. The number of hydrogen-bond acceptors (Lipinski definition) is 8. The molecule has 0 bridgehead atoms. The van der Waals surface area contributed by atoms with E-state index < -0.39 is 20.3 Å². The summed E-state index contributed by atoms with van der Waals surface area (Å²) in [5.41, 5.74) is 0.797. The van der Waals surface area contributed by atoms with Gasteiger partial charge in [-0.2, -0.15) is 0 Å². The molecule has 3 rings (SSSR count). The van der Waals surface area contributed by atoms with Gasteiger partial charge in [0.1, 0.15) is 24.9 Å². The van der Waals surface area contributed by atoms with Gasteiger partial charge in [-0.3, -0.25) is 4.79 Å². The van der Waals surface area contributed by atoms with E-state index in [1.165, 1.54) is 0 Å². The van der Waals surface area contributed by atoms with Crippen LogP contribution in [0.15, 0.2) is 37.4 Å². The minimum atomic E-state index is -2.16. The lowest BCUT2D eigenvalue weighted by molar-refractivity contribution is -0.163. The topological polar surface area (TPSA) is 92.8 Å². The summed E-state index contributed by atoms with van der Waals surface area (Å²) in [5.74, 6) is 0.668. The maximum Gasteiger partial charge on any atom is 0.329 e. The first kappa shape index (κ1) is 41.6. The fourth-order valence-corrected chi connectivity index (χ4v) is 8.00. The molecule has 5 atom stereocenters. The molecule has 9 nitrogen and oxygen atoms in total. The van der Waals surface area contributed by atoms with Gasteiger partial charge in [0.15, 0.2) is 19.8 Å². The molecular weight excluding hydrogens is 651 g/mol. The molecule has 10 heteroatoms. The second kappa shape index (κ2) is 19.1. The van der Waals surface area contributed by atoms with Crippen molar-refractivity contribution in [3.8, 4) is 17.2 Å². The Morgan fingerprint density at radius 2 is 1.62 bits per heavy atom. The highest BCUT2D eigenvalue weighted by Gasteiger charge is 2.42. The number of methoxy groups -OCH3 is 2. The van der Waals surface area contributed by atoms with Crippen LogP contribution >= 0.6 is 0 Å². The number of hydrogen-bond donors (Lipinski definition) is 0. The zero-order valence-corrected chi connectivity index (χ0v) is 33.4. The fraction of sp³-hybridized carbons (Fsp3) is 0.700. The number of benzene rings is 1. The second-order valence-electron chi connectivity index (χ2n) is 15.5. The molecule has 1 saturated heterocycles. The average molecular weight is 716 g/mol. The monoisotopic (exact) mass is 715 g/mol. The molecule has 0 radical (unpaired) electrons. The third-order valence-electron chi connectivity index (χ3n) is 10.9. The largest absolute Gasteiger partial charge is 0.493 e. The zero-order valence-electron chi connectivity index (χ0n) is 32.4. The van der Waals surface area contributed by atoms with Crippen LogP contribution in [-0.4, -0.2) is 83.9 Å². The highest BCUT2D eigenvalue weighted by molar-refractivity contribution is 6.74. The zero-order chi connectivity index (χ0) is 37.1. The summed E-state index contributed by atoms with van der Waals surface area (Å²) < 4.78 is 36.7. The lowest BCUT2D eigenvalue weighted by Gasteiger charge is -2.40. The van der Waals surface area contributed by atoms with Gasteiger partial charge in [0, 0.05) is 12.5 Å². The van der Waals surface area contributed by atoms with E-state index in [-0.39, 0.29) is 47.6 Å². The summed E-state index contributed by atoms with van der Waals surface area (Å²) in [6.07, 6.45) is 10.3. The number of rotatable bonds is 18. The predicted octanol–water partition coefficient (Wildman–Crippen LogP) is 8.47. The molecule has 2 aliphatic rings. The molecule has 1 amide bonds. The van der Waals surface area contributed by atoms with Crippen LogP contribution in [0.1, 0.15) is 97.5 Å². The molecular formula is C40H65NO8Si. The van der Waals surface area contributed by atoms with E-state index in [2.05, 4.69) is 47.0 Å². The lowest BCUT2D eigenvalue weighted by Crippen LogP contribution is -2.51. The fourth-order valence-electron chi connectivity index (χ4n) is 6.68. The van der Waals surface area contributed by atoms with Crippen molar-refractivity contribution in [2.45, 2.75) is 128 Å². The van der Waals surface area contributed by atoms with E-state index in [0.29, 0.717) is 43.4 Å². The van der Waals surface area contributed by atoms with Crippen molar-refractivity contribution in [3.05, 3.63) is 43.0 Å². The highest BCUT2D eigenvalue weighted by atomic mass is 28.4. The molecule has 2 fully saturated rings. The Bertz CT molecular complexity index is 1270. The molecule has 282 valence electrons. The van der Waals surface area contributed by atoms with Gasteiger partial charge in [-0.1, -0.05) is 59.1 Å². The predicted molar refractivity (Wildman–Crippen MR) is 202 cm³/mol. The SMILES string of the molecule is C=CCOC[C@H](COc1cc([C@@H](C(=O)N2CCCC[C@H]2C(=O)O[C@H](C)[C@@H](C)C=C)C2CCCCC2)cc(OC)c1OC)O[Si](C)(C)C(C)(C)C. The third kappa shape index (κ3) is 10.8. The van der Waals surface area contributed by atoms with Gasteiger partial charge in [0.05, 0.1) is 33.4 Å². The Balaban J connectivity index is 2.02. The molecule has 1 aromatic rings. The Kier molecular flexibility index (Phi) is 15.9. The average Bonchev–Trinajstić information content (AvgIpc) is 3.09. The molecule has 1 heterocycles. The van der Waals surface area contributed by atoms with Crippen molar-refractivity contribution in [1.82, 2.24) is 4.90 Å². The number of ether oxygens (including phenoxy) is 5. The summed E-state index contributed by atoms with van der Waals surface area (Å²) in [6, 6.07) is 3.21. The Morgan fingerprint density at radius 3 is 2.22 bits per heavy atom. The van der Waals surface area contributed by atoms with Crippen molar-refractivity contribution < 1.29 is 37.7 Å². The standard InChI is InChI=1S/C40H65NO8Si/c1-12-23-46-26-32(49-50(10,11)40(5,6)7)27-47-35-25-31(24-34(44-8)37(35)45-9)36(30-19-15-14-16-20-30)38(42)41-22-18-17-21-33(41)39(43)48-29(4)28(3)13-2/h12-13,24-25,28-30,32-33,36H,1-2,14-23,26-27H2,3-11H3/t28-,29+,32+,33-,36-/m0/s1. The normalized spacial score (nSPS) is 19.9. The van der Waals surface area contributed by atoms with Gasteiger partial charge in [0.2, 0.25) is 11.7 Å². The maximum atomic E-state index is 14.9. The number of nitrogens with zero attached hydrogens (tertiary/aromatic N) is 1. The number of piperidine rings is 1. The first-order valence-electron chi connectivity index (χ1n) is 18.6. The third-order valence-corrected chi connectivity index (χ3v) is 15.5. The van der Waals surface area contributed by atoms with Crippen LogP contribution in [0.5, 0.6) is 17.2 Å².